The molecule has 76 valence electrons. The van der Waals surface area contributed by atoms with E-state index in [9.17, 15) is 0 Å². The first-order valence-electron chi connectivity index (χ1n) is 4.82. The van der Waals surface area contributed by atoms with Gasteiger partial charge in [0.05, 0.1) is 0 Å². The van der Waals surface area contributed by atoms with Gasteiger partial charge in [0.15, 0.2) is 11.6 Å². The molecule has 0 saturated carbocycles. The van der Waals surface area contributed by atoms with Crippen molar-refractivity contribution in [3.05, 3.63) is 22.2 Å². The minimum atomic E-state index is 0.635. The van der Waals surface area contributed by atoms with Gasteiger partial charge < -0.3 is 4.98 Å². The zero-order valence-corrected chi connectivity index (χ0v) is 8.77. The quantitative estimate of drug-likeness (QED) is 0.711. The summed E-state index contributed by atoms with van der Waals surface area (Å²) >= 11 is 5.25. The van der Waals surface area contributed by atoms with E-state index in [1.165, 1.54) is 17.6 Å². The number of H-pyrrole nitrogens is 2. The van der Waals surface area contributed by atoms with E-state index in [-0.39, 0.29) is 0 Å². The third kappa shape index (κ3) is 1.37. The minimum absolute atomic E-state index is 0.635. The molecule has 2 aromatic heterocycles. The highest BCUT2D eigenvalue weighted by molar-refractivity contribution is 7.71. The molecule has 0 aliphatic heterocycles. The van der Waals surface area contributed by atoms with E-state index < -0.39 is 0 Å². The van der Waals surface area contributed by atoms with Crippen LogP contribution < -0.4 is 0 Å². The topological polar surface area (TPSA) is 70.2 Å². The van der Waals surface area contributed by atoms with Gasteiger partial charge in [-0.05, 0) is 19.3 Å². The third-order valence-corrected chi connectivity index (χ3v) is 2.94. The Hall–Kier alpha value is -1.56. The second kappa shape index (κ2) is 3.23. The molecule has 0 atom stereocenters. The maximum atomic E-state index is 5.25. The Balaban J connectivity index is 2.20. The predicted molar refractivity (Wildman–Crippen MR) is 56.8 cm³/mol. The summed E-state index contributed by atoms with van der Waals surface area (Å²) in [6.45, 7) is 0. The summed E-state index contributed by atoms with van der Waals surface area (Å²) in [5.74, 6) is 1.31. The summed E-state index contributed by atoms with van der Waals surface area (Å²) < 4.78 is 0.688. The smallest absolute Gasteiger partial charge is 0.191 e. The van der Waals surface area contributed by atoms with E-state index in [0.29, 0.717) is 16.3 Å². The lowest BCUT2D eigenvalue weighted by Gasteiger charge is -2.02. The molecule has 2 aromatic rings. The number of nitrogens with zero attached hydrogens (tertiary/aromatic N) is 3. The molecule has 0 saturated heterocycles. The number of nitrogens with one attached hydrogen (secondary N) is 2. The summed E-state index contributed by atoms with van der Waals surface area (Å²) in [5.41, 5.74) is 2.38. The van der Waals surface area contributed by atoms with Crippen molar-refractivity contribution in [2.45, 2.75) is 19.3 Å². The SMILES string of the molecule is S=c1nc(-c2ncn[nH]2)[nH]c2c1CCC2. The van der Waals surface area contributed by atoms with Crippen molar-refractivity contribution in [2.24, 2.45) is 0 Å². The Kier molecular flexibility index (Phi) is 1.88. The fraction of sp³-hybridized carbons (Fsp3) is 0.333. The third-order valence-electron chi connectivity index (χ3n) is 2.60. The van der Waals surface area contributed by atoms with Gasteiger partial charge in [-0.3, -0.25) is 5.10 Å². The lowest BCUT2D eigenvalue weighted by Crippen LogP contribution is -1.98. The summed E-state index contributed by atoms with van der Waals surface area (Å²) in [7, 11) is 0. The average molecular weight is 219 g/mol. The maximum absolute atomic E-state index is 5.25. The Bertz CT molecular complexity index is 542. The molecule has 0 spiro atoms. The molecule has 0 aromatic carbocycles. The second-order valence-electron chi connectivity index (χ2n) is 3.54. The van der Waals surface area contributed by atoms with E-state index >= 15 is 0 Å². The Morgan fingerprint density at radius 1 is 1.27 bits per heavy atom. The molecule has 0 bridgehead atoms. The van der Waals surface area contributed by atoms with Crippen LogP contribution in [0.25, 0.3) is 11.6 Å². The van der Waals surface area contributed by atoms with Crippen molar-refractivity contribution in [2.75, 3.05) is 0 Å². The predicted octanol–water partition coefficient (Wildman–Crippen LogP) is 1.41. The largest absolute Gasteiger partial charge is 0.340 e. The molecule has 0 radical (unpaired) electrons. The van der Waals surface area contributed by atoms with Gasteiger partial charge in [-0.25, -0.2) is 9.97 Å². The Morgan fingerprint density at radius 2 is 2.20 bits per heavy atom. The maximum Gasteiger partial charge on any atom is 0.191 e. The highest BCUT2D eigenvalue weighted by Crippen LogP contribution is 2.22. The molecule has 1 aliphatic rings. The number of hydrogen-bond donors (Lipinski definition) is 2. The highest BCUT2D eigenvalue weighted by Gasteiger charge is 2.15. The van der Waals surface area contributed by atoms with Crippen LogP contribution in [0.5, 0.6) is 0 Å². The van der Waals surface area contributed by atoms with Gasteiger partial charge >= 0.3 is 0 Å². The molecule has 3 rings (SSSR count). The molecule has 2 heterocycles. The van der Waals surface area contributed by atoms with Gasteiger partial charge in [-0.2, -0.15) is 5.10 Å². The van der Waals surface area contributed by atoms with Crippen LogP contribution in [0.2, 0.25) is 0 Å². The van der Waals surface area contributed by atoms with Gasteiger partial charge in [0.1, 0.15) is 11.0 Å². The van der Waals surface area contributed by atoms with Gasteiger partial charge in [0, 0.05) is 11.3 Å². The lowest BCUT2D eigenvalue weighted by molar-refractivity contribution is 0.899. The number of aryl methyl sites for hydroxylation is 1. The number of aromatic nitrogens is 5. The van der Waals surface area contributed by atoms with E-state index in [1.54, 1.807) is 0 Å². The van der Waals surface area contributed by atoms with Gasteiger partial charge in [0.2, 0.25) is 0 Å². The van der Waals surface area contributed by atoms with Crippen LogP contribution in [-0.4, -0.2) is 25.1 Å². The first kappa shape index (κ1) is 8.72. The van der Waals surface area contributed by atoms with Crippen molar-refractivity contribution >= 4 is 12.2 Å². The molecular weight excluding hydrogens is 210 g/mol. The molecule has 2 N–H and O–H groups in total. The molecule has 5 nitrogen and oxygen atoms in total. The Labute approximate surface area is 91.0 Å². The summed E-state index contributed by atoms with van der Waals surface area (Å²) in [6, 6.07) is 0. The van der Waals surface area contributed by atoms with E-state index in [2.05, 4.69) is 25.1 Å². The van der Waals surface area contributed by atoms with Crippen molar-refractivity contribution < 1.29 is 0 Å². The van der Waals surface area contributed by atoms with Crippen molar-refractivity contribution in [1.29, 1.82) is 0 Å². The first-order valence-corrected chi connectivity index (χ1v) is 5.23. The number of hydrogen-bond acceptors (Lipinski definition) is 4. The van der Waals surface area contributed by atoms with Crippen molar-refractivity contribution in [3.63, 3.8) is 0 Å². The summed E-state index contributed by atoms with van der Waals surface area (Å²) in [6.07, 6.45) is 4.69. The van der Waals surface area contributed by atoms with Gasteiger partial charge in [0.25, 0.3) is 0 Å². The molecule has 0 fully saturated rings. The first-order chi connectivity index (χ1) is 7.34. The molecule has 0 amide bonds. The monoisotopic (exact) mass is 219 g/mol. The molecule has 1 aliphatic carbocycles. The van der Waals surface area contributed by atoms with Crippen LogP contribution in [0.4, 0.5) is 0 Å². The second-order valence-corrected chi connectivity index (χ2v) is 3.92. The van der Waals surface area contributed by atoms with E-state index in [1.807, 2.05) is 0 Å². The lowest BCUT2D eigenvalue weighted by atomic mass is 10.3. The zero-order chi connectivity index (χ0) is 10.3. The standard InChI is InChI=1S/C9H9N5S/c15-9-5-2-1-3-6(5)12-8(13-9)7-10-4-11-14-7/h4H,1-3H2,(H,10,11,14)(H,12,13,15). The highest BCUT2D eigenvalue weighted by atomic mass is 32.1. The Morgan fingerprint density at radius 3 is 3.00 bits per heavy atom. The fourth-order valence-electron chi connectivity index (χ4n) is 1.89. The van der Waals surface area contributed by atoms with Crippen LogP contribution in [0.3, 0.4) is 0 Å². The van der Waals surface area contributed by atoms with E-state index in [4.69, 9.17) is 12.2 Å². The molecule has 6 heteroatoms. The molecular formula is C9H9N5S. The molecule has 15 heavy (non-hydrogen) atoms. The van der Waals surface area contributed by atoms with Crippen LogP contribution in [0.15, 0.2) is 6.33 Å². The average Bonchev–Trinajstić information content (AvgIpc) is 2.88. The van der Waals surface area contributed by atoms with Crippen LogP contribution in [0.1, 0.15) is 17.7 Å². The van der Waals surface area contributed by atoms with Crippen LogP contribution >= 0.6 is 12.2 Å². The number of aromatic amines is 2. The fourth-order valence-corrected chi connectivity index (χ4v) is 2.21. The van der Waals surface area contributed by atoms with Crippen LogP contribution in [-0.2, 0) is 12.8 Å². The van der Waals surface area contributed by atoms with Crippen molar-refractivity contribution in [3.8, 4) is 11.6 Å². The van der Waals surface area contributed by atoms with E-state index in [0.717, 1.165) is 19.3 Å². The van der Waals surface area contributed by atoms with Gasteiger partial charge in [-0.1, -0.05) is 12.2 Å². The molecule has 0 unspecified atom stereocenters. The van der Waals surface area contributed by atoms with Crippen molar-refractivity contribution in [1.82, 2.24) is 25.1 Å². The van der Waals surface area contributed by atoms with Crippen LogP contribution in [0, 0.1) is 4.64 Å². The zero-order valence-electron chi connectivity index (χ0n) is 7.95. The normalized spacial score (nSPS) is 14.1. The number of rotatable bonds is 1. The number of fused-ring (bicyclic) bond motifs is 1. The van der Waals surface area contributed by atoms with Gasteiger partial charge in [-0.15, -0.1) is 0 Å². The minimum Gasteiger partial charge on any atom is -0.340 e. The summed E-state index contributed by atoms with van der Waals surface area (Å²) in [4.78, 5) is 11.6. The summed E-state index contributed by atoms with van der Waals surface area (Å²) in [5, 5.41) is 6.56.